The minimum Gasteiger partial charge on any atom is -0.458 e. The summed E-state index contributed by atoms with van der Waals surface area (Å²) in [6, 6.07) is 0. The van der Waals surface area contributed by atoms with Crippen LogP contribution in [0.5, 0.6) is 0 Å². The molecule has 0 aromatic carbocycles. The lowest BCUT2D eigenvalue weighted by molar-refractivity contribution is -0.177. The van der Waals surface area contributed by atoms with E-state index in [0.717, 1.165) is 36.0 Å². The summed E-state index contributed by atoms with van der Waals surface area (Å²) in [5.74, 6) is 5.17. The molecule has 5 aliphatic rings. The number of esters is 1. The van der Waals surface area contributed by atoms with Gasteiger partial charge < -0.3 is 9.53 Å². The Hall–Kier alpha value is -0.860. The molecule has 0 amide bonds. The number of hydrogen-bond donors (Lipinski definition) is 0. The molecule has 3 nitrogen and oxygen atoms in total. The van der Waals surface area contributed by atoms with Gasteiger partial charge in [-0.1, -0.05) is 6.42 Å². The highest BCUT2D eigenvalue weighted by molar-refractivity contribution is 5.84. The molecule has 21 heavy (non-hydrogen) atoms. The molecule has 0 heterocycles. The number of fused-ring (bicyclic) bond motifs is 12. The van der Waals surface area contributed by atoms with E-state index in [1.165, 1.54) is 38.5 Å². The number of hydrogen-bond acceptors (Lipinski definition) is 3. The van der Waals surface area contributed by atoms with Crippen LogP contribution in [-0.4, -0.2) is 17.9 Å². The van der Waals surface area contributed by atoms with Crippen LogP contribution in [0.15, 0.2) is 0 Å². The fourth-order valence-corrected chi connectivity index (χ4v) is 7.77. The van der Waals surface area contributed by atoms with E-state index in [1.54, 1.807) is 0 Å². The molecule has 0 saturated heterocycles. The Labute approximate surface area is 125 Å². The first-order valence-electron chi connectivity index (χ1n) is 8.90. The van der Waals surface area contributed by atoms with Crippen LogP contribution in [-0.2, 0) is 14.3 Å². The molecular formula is C18H24O3. The van der Waals surface area contributed by atoms with Crippen molar-refractivity contribution >= 4 is 12.3 Å². The van der Waals surface area contributed by atoms with Gasteiger partial charge >= 0.3 is 5.97 Å². The predicted octanol–water partition coefficient (Wildman–Crippen LogP) is 2.97. The van der Waals surface area contributed by atoms with Gasteiger partial charge in [-0.25, -0.2) is 0 Å². The first-order valence-corrected chi connectivity index (χ1v) is 8.90. The summed E-state index contributed by atoms with van der Waals surface area (Å²) in [5, 5.41) is 0. The van der Waals surface area contributed by atoms with Crippen LogP contribution in [0.1, 0.15) is 51.4 Å². The van der Waals surface area contributed by atoms with Gasteiger partial charge in [-0.05, 0) is 68.1 Å². The van der Waals surface area contributed by atoms with E-state index in [9.17, 15) is 9.59 Å². The number of ether oxygens (including phenoxy) is 1. The van der Waals surface area contributed by atoms with Crippen molar-refractivity contribution in [1.82, 2.24) is 0 Å². The fraction of sp³-hybridized carbons (Fsp3) is 0.889. The third-order valence-corrected chi connectivity index (χ3v) is 7.89. The summed E-state index contributed by atoms with van der Waals surface area (Å²) < 4.78 is 6.14. The highest BCUT2D eigenvalue weighted by atomic mass is 16.6. The van der Waals surface area contributed by atoms with Crippen molar-refractivity contribution < 1.29 is 14.3 Å². The van der Waals surface area contributed by atoms with Crippen LogP contribution < -0.4 is 0 Å². The van der Waals surface area contributed by atoms with Gasteiger partial charge in [-0.2, -0.15) is 0 Å². The highest BCUT2D eigenvalue weighted by Crippen LogP contribution is 2.75. The van der Waals surface area contributed by atoms with E-state index in [1.807, 2.05) is 0 Å². The summed E-state index contributed by atoms with van der Waals surface area (Å²) in [4.78, 5) is 22.8. The molecule has 0 aromatic heterocycles. The third-order valence-electron chi connectivity index (χ3n) is 7.89. The fourth-order valence-electron chi connectivity index (χ4n) is 7.77. The Morgan fingerprint density at radius 2 is 2.00 bits per heavy atom. The van der Waals surface area contributed by atoms with E-state index >= 15 is 0 Å². The average molecular weight is 288 g/mol. The molecule has 0 aliphatic heterocycles. The zero-order valence-corrected chi connectivity index (χ0v) is 12.5. The van der Waals surface area contributed by atoms with Crippen molar-refractivity contribution in [3.63, 3.8) is 0 Å². The quantitative estimate of drug-likeness (QED) is 0.347. The second kappa shape index (κ2) is 4.11. The highest BCUT2D eigenvalue weighted by Gasteiger charge is 2.74. The minimum atomic E-state index is -0.264. The maximum Gasteiger partial charge on any atom is 0.313 e. The van der Waals surface area contributed by atoms with Crippen LogP contribution in [0.25, 0.3) is 0 Å². The molecule has 5 saturated carbocycles. The van der Waals surface area contributed by atoms with Gasteiger partial charge in [0.1, 0.15) is 18.3 Å². The van der Waals surface area contributed by atoms with Crippen LogP contribution in [0.4, 0.5) is 0 Å². The van der Waals surface area contributed by atoms with Crippen LogP contribution >= 0.6 is 0 Å². The van der Waals surface area contributed by atoms with Crippen LogP contribution in [0, 0.1) is 41.4 Å². The molecule has 0 aromatic rings. The van der Waals surface area contributed by atoms with Crippen molar-refractivity contribution in [2.24, 2.45) is 41.4 Å². The van der Waals surface area contributed by atoms with Gasteiger partial charge in [0.05, 0.1) is 0 Å². The summed E-state index contributed by atoms with van der Waals surface area (Å²) >= 11 is 0. The first kappa shape index (κ1) is 12.7. The maximum atomic E-state index is 12.1. The second-order valence-corrected chi connectivity index (χ2v) is 8.31. The van der Waals surface area contributed by atoms with Crippen molar-refractivity contribution in [2.75, 3.05) is 0 Å². The first-order chi connectivity index (χ1) is 10.2. The molecule has 0 radical (unpaired) electrons. The standard InChI is InChI=1S/C18H24O3/c19-7-6-15(20)21-18-9-13(12-2-1-3-14(12)18)16-10-4-5-11(8-10)17(16)18/h7,10-14,16-17H,1-6,8-9H2. The zero-order chi connectivity index (χ0) is 14.2. The predicted molar refractivity (Wildman–Crippen MR) is 76.3 cm³/mol. The molecule has 0 N–H and O–H groups in total. The Morgan fingerprint density at radius 1 is 1.14 bits per heavy atom. The van der Waals surface area contributed by atoms with Gasteiger partial charge in [0.15, 0.2) is 0 Å². The van der Waals surface area contributed by atoms with Crippen molar-refractivity contribution in [3.05, 3.63) is 0 Å². The summed E-state index contributed by atoms with van der Waals surface area (Å²) in [6.45, 7) is 0. The van der Waals surface area contributed by atoms with E-state index in [4.69, 9.17) is 4.74 Å². The largest absolute Gasteiger partial charge is 0.458 e. The van der Waals surface area contributed by atoms with Crippen molar-refractivity contribution in [3.8, 4) is 0 Å². The van der Waals surface area contributed by atoms with E-state index in [-0.39, 0.29) is 18.0 Å². The normalized spacial score (nSPS) is 55.5. The summed E-state index contributed by atoms with van der Waals surface area (Å²) in [7, 11) is 0. The zero-order valence-electron chi connectivity index (χ0n) is 12.5. The number of aldehydes is 1. The van der Waals surface area contributed by atoms with E-state index in [2.05, 4.69) is 0 Å². The molecule has 8 unspecified atom stereocenters. The lowest BCUT2D eigenvalue weighted by Gasteiger charge is -2.47. The van der Waals surface area contributed by atoms with Crippen LogP contribution in [0.3, 0.4) is 0 Å². The Kier molecular flexibility index (Phi) is 2.48. The van der Waals surface area contributed by atoms with E-state index in [0.29, 0.717) is 18.1 Å². The van der Waals surface area contributed by atoms with Gasteiger partial charge in [-0.15, -0.1) is 0 Å². The van der Waals surface area contributed by atoms with Crippen molar-refractivity contribution in [1.29, 1.82) is 0 Å². The van der Waals surface area contributed by atoms with Crippen molar-refractivity contribution in [2.45, 2.75) is 57.0 Å². The number of carbonyl (C=O) groups is 2. The Morgan fingerprint density at radius 3 is 2.86 bits per heavy atom. The molecule has 5 rings (SSSR count). The smallest absolute Gasteiger partial charge is 0.313 e. The average Bonchev–Trinajstić information content (AvgIpc) is 3.22. The van der Waals surface area contributed by atoms with Gasteiger partial charge in [0, 0.05) is 11.8 Å². The third kappa shape index (κ3) is 1.41. The molecule has 3 heteroatoms. The Balaban J connectivity index is 1.54. The Bertz CT molecular complexity index is 501. The monoisotopic (exact) mass is 288 g/mol. The maximum absolute atomic E-state index is 12.1. The number of rotatable bonds is 3. The molecule has 5 aliphatic carbocycles. The molecule has 8 atom stereocenters. The second-order valence-electron chi connectivity index (χ2n) is 8.31. The van der Waals surface area contributed by atoms with Gasteiger partial charge in [0.2, 0.25) is 0 Å². The van der Waals surface area contributed by atoms with E-state index < -0.39 is 0 Å². The van der Waals surface area contributed by atoms with Crippen LogP contribution in [0.2, 0.25) is 0 Å². The lowest BCUT2D eigenvalue weighted by atomic mass is 9.62. The SMILES string of the molecule is O=CCC(=O)OC12CC(C3CCCC31)C1C3CCC(C3)C12. The summed E-state index contributed by atoms with van der Waals surface area (Å²) in [6.07, 6.45) is 9.82. The summed E-state index contributed by atoms with van der Waals surface area (Å²) in [5.41, 5.74) is -0.170. The topological polar surface area (TPSA) is 43.4 Å². The molecule has 114 valence electrons. The molecule has 4 bridgehead atoms. The molecule has 5 fully saturated rings. The molecular weight excluding hydrogens is 264 g/mol. The minimum absolute atomic E-state index is 0.0602. The van der Waals surface area contributed by atoms with Gasteiger partial charge in [-0.3, -0.25) is 4.79 Å². The lowest BCUT2D eigenvalue weighted by Crippen LogP contribution is -2.50. The van der Waals surface area contributed by atoms with Gasteiger partial charge in [0.25, 0.3) is 0 Å². The number of carbonyl (C=O) groups excluding carboxylic acids is 2. The molecule has 0 spiro atoms.